The van der Waals surface area contributed by atoms with E-state index in [1.54, 1.807) is 11.4 Å². The van der Waals surface area contributed by atoms with Crippen molar-refractivity contribution < 1.29 is 26.7 Å². The molecule has 0 aliphatic carbocycles. The molecule has 2 aromatic rings. The van der Waals surface area contributed by atoms with Gasteiger partial charge in [0.05, 0.1) is 13.2 Å². The van der Waals surface area contributed by atoms with Gasteiger partial charge in [-0.05, 0) is 29.6 Å². The Kier molecular flexibility index (Phi) is 7.06. The van der Waals surface area contributed by atoms with E-state index in [0.717, 1.165) is 16.2 Å². The smallest absolute Gasteiger partial charge is 0.271 e. The molecule has 0 saturated heterocycles. The second kappa shape index (κ2) is 9.06. The Balaban J connectivity index is 2.20. The van der Waals surface area contributed by atoms with Gasteiger partial charge < -0.3 is 9.64 Å². The SMILES string of the molecule is COCCN(CC(F)F)C(=O)c1cccc(NS(=O)(=O)c2cccs2)c1. The van der Waals surface area contributed by atoms with Gasteiger partial charge in [-0.25, -0.2) is 17.2 Å². The van der Waals surface area contributed by atoms with E-state index in [1.165, 1.54) is 37.4 Å². The monoisotopic (exact) mass is 404 g/mol. The van der Waals surface area contributed by atoms with Crippen LogP contribution in [-0.2, 0) is 14.8 Å². The molecule has 26 heavy (non-hydrogen) atoms. The Morgan fingerprint density at radius 1 is 1.31 bits per heavy atom. The molecule has 1 N–H and O–H groups in total. The largest absolute Gasteiger partial charge is 0.383 e. The van der Waals surface area contributed by atoms with Gasteiger partial charge in [-0.15, -0.1) is 11.3 Å². The Hall–Kier alpha value is -2.04. The number of thiophene rings is 1. The molecule has 1 aromatic carbocycles. The van der Waals surface area contributed by atoms with E-state index < -0.39 is 28.9 Å². The van der Waals surface area contributed by atoms with Gasteiger partial charge in [0.15, 0.2) is 0 Å². The first-order chi connectivity index (χ1) is 12.3. The fourth-order valence-electron chi connectivity index (χ4n) is 2.16. The van der Waals surface area contributed by atoms with Gasteiger partial charge in [-0.2, -0.15) is 0 Å². The van der Waals surface area contributed by atoms with E-state index in [2.05, 4.69) is 4.72 Å². The van der Waals surface area contributed by atoms with Crippen LogP contribution in [0.1, 0.15) is 10.4 Å². The predicted octanol–water partition coefficient (Wildman–Crippen LogP) is 2.90. The third-order valence-electron chi connectivity index (χ3n) is 3.33. The number of alkyl halides is 2. The maximum Gasteiger partial charge on any atom is 0.271 e. The van der Waals surface area contributed by atoms with E-state index in [4.69, 9.17) is 4.74 Å². The number of methoxy groups -OCH3 is 1. The van der Waals surface area contributed by atoms with Crippen LogP contribution in [0.15, 0.2) is 46.0 Å². The summed E-state index contributed by atoms with van der Waals surface area (Å²) in [4.78, 5) is 13.5. The molecule has 142 valence electrons. The summed E-state index contributed by atoms with van der Waals surface area (Å²) in [5.41, 5.74) is 0.279. The van der Waals surface area contributed by atoms with Gasteiger partial charge >= 0.3 is 0 Å². The molecule has 0 unspecified atom stereocenters. The summed E-state index contributed by atoms with van der Waals surface area (Å²) >= 11 is 1.06. The summed E-state index contributed by atoms with van der Waals surface area (Å²) in [5.74, 6) is -0.625. The van der Waals surface area contributed by atoms with Crippen molar-refractivity contribution in [2.24, 2.45) is 0 Å². The number of carbonyl (C=O) groups excluding carboxylic acids is 1. The normalized spacial score (nSPS) is 11.5. The molecule has 0 atom stereocenters. The van der Waals surface area contributed by atoms with Crippen LogP contribution in [0.2, 0.25) is 0 Å². The van der Waals surface area contributed by atoms with Crippen LogP contribution in [0.5, 0.6) is 0 Å². The molecule has 1 heterocycles. The first kappa shape index (κ1) is 20.3. The second-order valence-corrected chi connectivity index (χ2v) is 8.11. The van der Waals surface area contributed by atoms with Gasteiger partial charge in [0.2, 0.25) is 0 Å². The van der Waals surface area contributed by atoms with Crippen LogP contribution in [0.25, 0.3) is 0 Å². The molecule has 1 aromatic heterocycles. The van der Waals surface area contributed by atoms with Gasteiger partial charge in [-0.1, -0.05) is 12.1 Å². The van der Waals surface area contributed by atoms with Crippen molar-refractivity contribution in [1.82, 2.24) is 4.90 Å². The zero-order chi connectivity index (χ0) is 19.2. The number of carbonyl (C=O) groups is 1. The topological polar surface area (TPSA) is 75.7 Å². The quantitative estimate of drug-likeness (QED) is 0.697. The molecule has 2 rings (SSSR count). The first-order valence-corrected chi connectivity index (χ1v) is 9.92. The summed E-state index contributed by atoms with van der Waals surface area (Å²) in [7, 11) is -2.35. The number of halogens is 2. The number of ether oxygens (including phenoxy) is 1. The number of benzene rings is 1. The molecular formula is C16H18F2N2O4S2. The lowest BCUT2D eigenvalue weighted by Crippen LogP contribution is -2.37. The second-order valence-electron chi connectivity index (χ2n) is 5.25. The zero-order valence-electron chi connectivity index (χ0n) is 13.9. The highest BCUT2D eigenvalue weighted by Crippen LogP contribution is 2.21. The highest BCUT2D eigenvalue weighted by Gasteiger charge is 2.21. The summed E-state index contributed by atoms with van der Waals surface area (Å²) in [6.07, 6.45) is -2.68. The van der Waals surface area contributed by atoms with Crippen molar-refractivity contribution >= 4 is 33.0 Å². The minimum atomic E-state index is -3.76. The van der Waals surface area contributed by atoms with Crippen LogP contribution >= 0.6 is 11.3 Å². The highest BCUT2D eigenvalue weighted by molar-refractivity contribution is 7.94. The number of amides is 1. The maximum absolute atomic E-state index is 12.7. The Morgan fingerprint density at radius 3 is 2.69 bits per heavy atom. The molecule has 0 saturated carbocycles. The minimum Gasteiger partial charge on any atom is -0.383 e. The molecule has 0 aliphatic rings. The lowest BCUT2D eigenvalue weighted by molar-refractivity contribution is 0.0478. The number of anilines is 1. The van der Waals surface area contributed by atoms with Crippen LogP contribution in [0.3, 0.4) is 0 Å². The van der Waals surface area contributed by atoms with Crippen molar-refractivity contribution in [2.75, 3.05) is 31.5 Å². The highest BCUT2D eigenvalue weighted by atomic mass is 32.2. The van der Waals surface area contributed by atoms with Crippen LogP contribution in [0, 0.1) is 0 Å². The molecule has 0 fully saturated rings. The molecule has 0 aliphatic heterocycles. The minimum absolute atomic E-state index is 0.00479. The molecular weight excluding hydrogens is 386 g/mol. The average molecular weight is 404 g/mol. The summed E-state index contributed by atoms with van der Waals surface area (Å²) in [6.45, 7) is -0.610. The Bertz CT molecular complexity index is 827. The summed E-state index contributed by atoms with van der Waals surface area (Å²) in [6, 6.07) is 8.79. The van der Waals surface area contributed by atoms with Crippen molar-refractivity contribution in [3.05, 3.63) is 47.3 Å². The number of sulfonamides is 1. The van der Waals surface area contributed by atoms with Gasteiger partial charge in [0.25, 0.3) is 22.4 Å². The summed E-state index contributed by atoms with van der Waals surface area (Å²) in [5, 5.41) is 1.63. The first-order valence-electron chi connectivity index (χ1n) is 7.56. The van der Waals surface area contributed by atoms with Crippen molar-refractivity contribution in [1.29, 1.82) is 0 Å². The summed E-state index contributed by atoms with van der Waals surface area (Å²) < 4.78 is 57.3. The van der Waals surface area contributed by atoms with E-state index in [0.29, 0.717) is 0 Å². The van der Waals surface area contributed by atoms with Crippen molar-refractivity contribution in [3.8, 4) is 0 Å². The third-order valence-corrected chi connectivity index (χ3v) is 6.11. The van der Waals surface area contributed by atoms with Gasteiger partial charge in [0.1, 0.15) is 4.21 Å². The standard InChI is InChI=1S/C16H18F2N2O4S2/c1-24-8-7-20(11-14(17)18)16(21)12-4-2-5-13(10-12)19-26(22,23)15-6-3-9-25-15/h2-6,9-10,14,19H,7-8,11H2,1H3. The third kappa shape index (κ3) is 5.48. The van der Waals surface area contributed by atoms with E-state index in [9.17, 15) is 22.0 Å². The lowest BCUT2D eigenvalue weighted by Gasteiger charge is -2.22. The van der Waals surface area contributed by atoms with Gasteiger partial charge in [-0.3, -0.25) is 9.52 Å². The van der Waals surface area contributed by atoms with E-state index in [-0.39, 0.29) is 28.6 Å². The fraction of sp³-hybridized carbons (Fsp3) is 0.312. The molecule has 1 amide bonds. The molecule has 0 spiro atoms. The predicted molar refractivity (Wildman–Crippen MR) is 95.4 cm³/mol. The number of nitrogens with one attached hydrogen (secondary N) is 1. The number of nitrogens with zero attached hydrogens (tertiary/aromatic N) is 1. The number of hydrogen-bond acceptors (Lipinski definition) is 5. The average Bonchev–Trinajstić information content (AvgIpc) is 3.13. The van der Waals surface area contributed by atoms with Crippen molar-refractivity contribution in [3.63, 3.8) is 0 Å². The zero-order valence-corrected chi connectivity index (χ0v) is 15.5. The number of hydrogen-bond donors (Lipinski definition) is 1. The molecule has 0 bridgehead atoms. The van der Waals surface area contributed by atoms with Crippen LogP contribution < -0.4 is 4.72 Å². The Morgan fingerprint density at radius 2 is 2.08 bits per heavy atom. The van der Waals surface area contributed by atoms with Crippen LogP contribution in [0.4, 0.5) is 14.5 Å². The number of rotatable bonds is 9. The lowest BCUT2D eigenvalue weighted by atomic mass is 10.2. The van der Waals surface area contributed by atoms with E-state index >= 15 is 0 Å². The molecule has 6 nitrogen and oxygen atoms in total. The maximum atomic E-state index is 12.7. The van der Waals surface area contributed by atoms with E-state index in [1.807, 2.05) is 0 Å². The Labute approximate surface area is 154 Å². The van der Waals surface area contributed by atoms with Crippen molar-refractivity contribution in [2.45, 2.75) is 10.6 Å². The molecule has 0 radical (unpaired) electrons. The van der Waals surface area contributed by atoms with Crippen LogP contribution in [-0.4, -0.2) is 52.5 Å². The fourth-order valence-corrected chi connectivity index (χ4v) is 4.21. The molecule has 10 heteroatoms. The van der Waals surface area contributed by atoms with Gasteiger partial charge in [0, 0.05) is 24.9 Å².